The number of nitro groups is 1. The minimum Gasteiger partial charge on any atom is -0.464 e. The molecule has 2 aliphatic heterocycles. The number of nitrogens with zero attached hydrogens (tertiary/aromatic N) is 3. The summed E-state index contributed by atoms with van der Waals surface area (Å²) in [5.74, 6) is 0.327. The quantitative estimate of drug-likeness (QED) is 0.419. The van der Waals surface area contributed by atoms with E-state index in [1.165, 1.54) is 31.0 Å². The number of hydrogen-bond acceptors (Lipinski definition) is 8. The summed E-state index contributed by atoms with van der Waals surface area (Å²) in [6.07, 6.45) is 0.360. The molecule has 0 saturated heterocycles. The second-order valence-electron chi connectivity index (χ2n) is 7.14. The highest BCUT2D eigenvalue weighted by molar-refractivity contribution is 6.14. The highest BCUT2D eigenvalue weighted by Gasteiger charge is 2.31. The maximum absolute atomic E-state index is 12.4. The predicted octanol–water partition coefficient (Wildman–Crippen LogP) is 2.41. The van der Waals surface area contributed by atoms with Crippen LogP contribution in [0.15, 0.2) is 41.5 Å². The van der Waals surface area contributed by atoms with Crippen LogP contribution in [0.25, 0.3) is 0 Å². The van der Waals surface area contributed by atoms with Crippen molar-refractivity contribution in [2.24, 2.45) is 5.10 Å². The Hall–Kier alpha value is -3.95. The van der Waals surface area contributed by atoms with Crippen LogP contribution >= 0.6 is 0 Å². The molecule has 0 aromatic heterocycles. The fourth-order valence-electron chi connectivity index (χ4n) is 3.58. The van der Waals surface area contributed by atoms with Crippen LogP contribution in [0.5, 0.6) is 11.5 Å². The lowest BCUT2D eigenvalue weighted by Gasteiger charge is -2.25. The maximum atomic E-state index is 12.4. The van der Waals surface area contributed by atoms with Gasteiger partial charge in [0, 0.05) is 37.1 Å². The van der Waals surface area contributed by atoms with E-state index in [0.29, 0.717) is 34.8 Å². The molecule has 0 aliphatic carbocycles. The fraction of sp³-hybridized carbons (Fsp3) is 0.286. The highest BCUT2D eigenvalue weighted by atomic mass is 16.7. The van der Waals surface area contributed by atoms with Gasteiger partial charge in [0.25, 0.3) is 5.69 Å². The lowest BCUT2D eigenvalue weighted by atomic mass is 9.93. The number of hydrogen-bond donors (Lipinski definition) is 0. The topological polar surface area (TPSA) is 121 Å². The summed E-state index contributed by atoms with van der Waals surface area (Å²) < 4.78 is 16.2. The van der Waals surface area contributed by atoms with E-state index in [1.807, 2.05) is 6.07 Å². The monoisotopic (exact) mass is 425 g/mol. The van der Waals surface area contributed by atoms with Gasteiger partial charge in [-0.25, -0.2) is 5.01 Å². The summed E-state index contributed by atoms with van der Waals surface area (Å²) in [6, 6.07) is 8.99. The molecule has 31 heavy (non-hydrogen) atoms. The van der Waals surface area contributed by atoms with Gasteiger partial charge in [-0.3, -0.25) is 19.7 Å². The zero-order valence-corrected chi connectivity index (χ0v) is 16.9. The molecule has 10 nitrogen and oxygen atoms in total. The van der Waals surface area contributed by atoms with Crippen LogP contribution in [-0.2, 0) is 20.7 Å². The van der Waals surface area contributed by atoms with Crippen molar-refractivity contribution in [3.05, 3.63) is 63.2 Å². The fourth-order valence-corrected chi connectivity index (χ4v) is 3.58. The van der Waals surface area contributed by atoms with Gasteiger partial charge in [-0.1, -0.05) is 0 Å². The average molecular weight is 425 g/mol. The molecule has 2 aromatic carbocycles. The van der Waals surface area contributed by atoms with E-state index in [2.05, 4.69) is 5.10 Å². The number of fused-ring (bicyclic) bond motifs is 2. The molecular weight excluding hydrogens is 406 g/mol. The molecule has 0 bridgehead atoms. The SMILES string of the molecule is CC(=O)OCC1Cc2cc3c(cc2C(c2ccc([N+](=O)[O-])cc2)=NN1C(C)=O)OCO3. The number of ether oxygens (including phenoxy) is 3. The molecule has 2 heterocycles. The molecule has 0 N–H and O–H groups in total. The maximum Gasteiger partial charge on any atom is 0.302 e. The zero-order chi connectivity index (χ0) is 22.1. The first-order valence-corrected chi connectivity index (χ1v) is 9.53. The Morgan fingerprint density at radius 2 is 1.87 bits per heavy atom. The summed E-state index contributed by atoms with van der Waals surface area (Å²) in [5, 5.41) is 16.9. The Balaban J connectivity index is 1.85. The van der Waals surface area contributed by atoms with E-state index in [9.17, 15) is 19.7 Å². The van der Waals surface area contributed by atoms with Gasteiger partial charge in [0.2, 0.25) is 12.7 Å². The molecule has 2 aromatic rings. The number of hydrazone groups is 1. The van der Waals surface area contributed by atoms with E-state index in [-0.39, 0.29) is 25.0 Å². The highest BCUT2D eigenvalue weighted by Crippen LogP contribution is 2.37. The molecule has 160 valence electrons. The van der Waals surface area contributed by atoms with Crippen LogP contribution in [0.3, 0.4) is 0 Å². The van der Waals surface area contributed by atoms with Crippen molar-refractivity contribution >= 4 is 23.3 Å². The van der Waals surface area contributed by atoms with E-state index in [1.54, 1.807) is 18.2 Å². The number of benzene rings is 2. The van der Waals surface area contributed by atoms with Crippen molar-refractivity contribution < 1.29 is 28.7 Å². The van der Waals surface area contributed by atoms with E-state index >= 15 is 0 Å². The number of carbonyl (C=O) groups excluding carboxylic acids is 2. The summed E-state index contributed by atoms with van der Waals surface area (Å²) in [7, 11) is 0. The average Bonchev–Trinajstić information content (AvgIpc) is 3.12. The van der Waals surface area contributed by atoms with Gasteiger partial charge < -0.3 is 14.2 Å². The number of carbonyl (C=O) groups is 2. The van der Waals surface area contributed by atoms with Crippen molar-refractivity contribution in [1.29, 1.82) is 0 Å². The van der Waals surface area contributed by atoms with Gasteiger partial charge in [0.05, 0.1) is 16.7 Å². The predicted molar refractivity (Wildman–Crippen MR) is 108 cm³/mol. The Kier molecular flexibility index (Phi) is 5.28. The van der Waals surface area contributed by atoms with E-state index in [4.69, 9.17) is 14.2 Å². The van der Waals surface area contributed by atoms with Crippen molar-refractivity contribution in [2.75, 3.05) is 13.4 Å². The molecule has 0 spiro atoms. The Morgan fingerprint density at radius 3 is 2.48 bits per heavy atom. The first-order chi connectivity index (χ1) is 14.8. The molecule has 10 heteroatoms. The molecule has 0 radical (unpaired) electrons. The third kappa shape index (κ3) is 4.04. The first kappa shape index (κ1) is 20.3. The van der Waals surface area contributed by atoms with E-state index in [0.717, 1.165) is 5.56 Å². The third-order valence-corrected chi connectivity index (χ3v) is 5.02. The normalized spacial score (nSPS) is 16.8. The molecular formula is C21H19N3O7. The van der Waals surface area contributed by atoms with Gasteiger partial charge in [0.15, 0.2) is 11.5 Å². The van der Waals surface area contributed by atoms with Gasteiger partial charge in [-0.15, -0.1) is 0 Å². The summed E-state index contributed by atoms with van der Waals surface area (Å²) in [6.45, 7) is 2.74. The molecule has 1 atom stereocenters. The Morgan fingerprint density at radius 1 is 1.19 bits per heavy atom. The molecule has 1 amide bonds. The molecule has 0 saturated carbocycles. The second kappa shape index (κ2) is 8.05. The van der Waals surface area contributed by atoms with Crippen LogP contribution in [0.1, 0.15) is 30.5 Å². The summed E-state index contributed by atoms with van der Waals surface area (Å²) >= 11 is 0. The van der Waals surface area contributed by atoms with Gasteiger partial charge in [-0.2, -0.15) is 5.10 Å². The zero-order valence-electron chi connectivity index (χ0n) is 16.9. The molecule has 2 aliphatic rings. The van der Waals surface area contributed by atoms with Crippen LogP contribution in [0.2, 0.25) is 0 Å². The second-order valence-corrected chi connectivity index (χ2v) is 7.14. The number of amides is 1. The number of non-ortho nitro benzene ring substituents is 1. The Labute approximate surface area is 177 Å². The smallest absolute Gasteiger partial charge is 0.302 e. The van der Waals surface area contributed by atoms with Crippen molar-refractivity contribution in [3.63, 3.8) is 0 Å². The van der Waals surface area contributed by atoms with Crippen LogP contribution in [-0.4, -0.2) is 47.0 Å². The van der Waals surface area contributed by atoms with E-state index < -0.39 is 16.9 Å². The van der Waals surface area contributed by atoms with Crippen molar-refractivity contribution in [2.45, 2.75) is 26.3 Å². The number of nitro benzene ring substituents is 1. The number of esters is 1. The molecule has 0 fully saturated rings. The minimum atomic E-state index is -0.531. The lowest BCUT2D eigenvalue weighted by Crippen LogP contribution is -2.39. The lowest BCUT2D eigenvalue weighted by molar-refractivity contribution is -0.384. The van der Waals surface area contributed by atoms with Gasteiger partial charge in [-0.05, 0) is 36.2 Å². The first-order valence-electron chi connectivity index (χ1n) is 9.53. The summed E-state index contributed by atoms with van der Waals surface area (Å²) in [4.78, 5) is 34.3. The van der Waals surface area contributed by atoms with Gasteiger partial charge in [0.1, 0.15) is 6.61 Å². The number of rotatable bonds is 4. The van der Waals surface area contributed by atoms with Crippen molar-refractivity contribution in [3.8, 4) is 11.5 Å². The van der Waals surface area contributed by atoms with Gasteiger partial charge >= 0.3 is 5.97 Å². The van der Waals surface area contributed by atoms with Crippen LogP contribution in [0, 0.1) is 10.1 Å². The largest absolute Gasteiger partial charge is 0.464 e. The minimum absolute atomic E-state index is 0.0279. The molecule has 4 rings (SSSR count). The van der Waals surface area contributed by atoms with Crippen molar-refractivity contribution in [1.82, 2.24) is 5.01 Å². The third-order valence-electron chi connectivity index (χ3n) is 5.02. The Bertz CT molecular complexity index is 1090. The van der Waals surface area contributed by atoms with Crippen LogP contribution in [0.4, 0.5) is 5.69 Å². The standard InChI is InChI=1S/C21H19N3O7/c1-12(25)23-17(10-29-13(2)26)7-15-8-19-20(31-11-30-19)9-18(15)21(22-23)14-3-5-16(6-4-14)24(27)28/h3-6,8-9,17H,7,10-11H2,1-2H3. The molecule has 1 unspecified atom stereocenters. The van der Waals surface area contributed by atoms with Crippen LogP contribution < -0.4 is 9.47 Å². The summed E-state index contributed by atoms with van der Waals surface area (Å²) in [5.41, 5.74) is 2.51.